The van der Waals surface area contributed by atoms with Crippen LogP contribution in [0.15, 0.2) is 29.6 Å². The number of pyridine rings is 1. The second kappa shape index (κ2) is 6.17. The Morgan fingerprint density at radius 1 is 1.62 bits per heavy atom. The Hall–Kier alpha value is -1.49. The van der Waals surface area contributed by atoms with E-state index in [4.69, 9.17) is 0 Å². The zero-order valence-corrected chi connectivity index (χ0v) is 9.89. The molecule has 0 atom stereocenters. The van der Waals surface area contributed by atoms with Gasteiger partial charge in [0.25, 0.3) is 0 Å². The van der Waals surface area contributed by atoms with Crippen molar-refractivity contribution in [3.8, 4) is 0 Å². The Kier molecular flexibility index (Phi) is 4.85. The average molecular weight is 238 g/mol. The molecular weight excluding hydrogens is 224 g/mol. The van der Waals surface area contributed by atoms with Crippen molar-refractivity contribution >= 4 is 23.5 Å². The number of nitrogens with one attached hydrogen (secondary N) is 2. The molecular formula is C11H14N2O2S. The third-order valence-corrected chi connectivity index (χ3v) is 2.80. The van der Waals surface area contributed by atoms with E-state index in [2.05, 4.69) is 16.9 Å². The van der Waals surface area contributed by atoms with Crippen molar-refractivity contribution in [3.63, 3.8) is 0 Å². The molecule has 4 nitrogen and oxygen atoms in total. The topological polar surface area (TPSA) is 62.0 Å². The Labute approximate surface area is 98.1 Å². The van der Waals surface area contributed by atoms with Crippen LogP contribution in [0.25, 0.3) is 0 Å². The number of aromatic amines is 1. The maximum Gasteiger partial charge on any atom is 0.249 e. The van der Waals surface area contributed by atoms with Crippen LogP contribution in [0.1, 0.15) is 5.56 Å². The summed E-state index contributed by atoms with van der Waals surface area (Å²) in [6.07, 6.45) is 1.74. The Morgan fingerprint density at radius 3 is 3.06 bits per heavy atom. The fraction of sp³-hybridized carbons (Fsp3) is 0.273. The number of carbonyl (C=O) groups is 1. The predicted octanol–water partition coefficient (Wildman–Crippen LogP) is 1.54. The highest BCUT2D eigenvalue weighted by atomic mass is 32.2. The summed E-state index contributed by atoms with van der Waals surface area (Å²) in [5.74, 6) is 1.42. The zero-order valence-electron chi connectivity index (χ0n) is 9.08. The molecule has 0 spiro atoms. The summed E-state index contributed by atoms with van der Waals surface area (Å²) >= 11 is 1.47. The first-order valence-corrected chi connectivity index (χ1v) is 5.97. The highest BCUT2D eigenvalue weighted by Crippen LogP contribution is 2.08. The molecule has 16 heavy (non-hydrogen) atoms. The summed E-state index contributed by atoms with van der Waals surface area (Å²) < 4.78 is 0. The molecule has 0 bridgehead atoms. The van der Waals surface area contributed by atoms with Crippen LogP contribution in [-0.2, 0) is 4.79 Å². The zero-order chi connectivity index (χ0) is 12.0. The maximum absolute atomic E-state index is 11.5. The Balaban J connectivity index is 2.58. The number of amides is 1. The van der Waals surface area contributed by atoms with Crippen LogP contribution in [-0.4, -0.2) is 22.4 Å². The number of aromatic nitrogens is 1. The van der Waals surface area contributed by atoms with E-state index < -0.39 is 0 Å². The Morgan fingerprint density at radius 2 is 2.38 bits per heavy atom. The molecule has 1 rings (SSSR count). The molecule has 1 aromatic rings. The standard InChI is InChI=1S/C11H14N2O2S/c1-3-6-16-7-10(15)13-11-8(2)4-5-9(14)12-11/h3-5H,1,6-7H2,2H3,(H2,12,13,14,15). The maximum atomic E-state index is 11.5. The molecule has 0 radical (unpaired) electrons. The molecule has 0 fully saturated rings. The van der Waals surface area contributed by atoms with Gasteiger partial charge in [-0.3, -0.25) is 9.59 Å². The minimum Gasteiger partial charge on any atom is -0.311 e. The first-order valence-electron chi connectivity index (χ1n) is 4.82. The van der Waals surface area contributed by atoms with Gasteiger partial charge in [-0.25, -0.2) is 0 Å². The lowest BCUT2D eigenvalue weighted by Crippen LogP contribution is -2.18. The monoisotopic (exact) mass is 238 g/mol. The molecule has 1 heterocycles. The van der Waals surface area contributed by atoms with Crippen LogP contribution in [0.3, 0.4) is 0 Å². The fourth-order valence-electron chi connectivity index (χ4n) is 1.09. The molecule has 0 aliphatic heterocycles. The number of carbonyl (C=O) groups excluding carboxylic acids is 1. The molecule has 0 aliphatic rings. The van der Waals surface area contributed by atoms with Gasteiger partial charge in [0, 0.05) is 11.8 Å². The highest BCUT2D eigenvalue weighted by molar-refractivity contribution is 8.00. The third kappa shape index (κ3) is 3.94. The summed E-state index contributed by atoms with van der Waals surface area (Å²) in [7, 11) is 0. The van der Waals surface area contributed by atoms with E-state index in [1.165, 1.54) is 17.8 Å². The lowest BCUT2D eigenvalue weighted by atomic mass is 10.3. The molecule has 0 saturated heterocycles. The van der Waals surface area contributed by atoms with Crippen LogP contribution in [0.5, 0.6) is 0 Å². The lowest BCUT2D eigenvalue weighted by molar-refractivity contribution is -0.113. The number of hydrogen-bond donors (Lipinski definition) is 2. The number of H-pyrrole nitrogens is 1. The minimum absolute atomic E-state index is 0.128. The molecule has 0 aromatic carbocycles. The van der Waals surface area contributed by atoms with E-state index in [0.717, 1.165) is 11.3 Å². The van der Waals surface area contributed by atoms with Gasteiger partial charge >= 0.3 is 0 Å². The lowest BCUT2D eigenvalue weighted by Gasteiger charge is -2.06. The van der Waals surface area contributed by atoms with E-state index >= 15 is 0 Å². The number of hydrogen-bond acceptors (Lipinski definition) is 3. The fourth-order valence-corrected chi connectivity index (χ4v) is 1.63. The van der Waals surface area contributed by atoms with Crippen LogP contribution < -0.4 is 10.9 Å². The average Bonchev–Trinajstić information content (AvgIpc) is 2.24. The van der Waals surface area contributed by atoms with Gasteiger partial charge in [0.15, 0.2) is 0 Å². The molecule has 5 heteroatoms. The van der Waals surface area contributed by atoms with Crippen molar-refractivity contribution in [2.24, 2.45) is 0 Å². The third-order valence-electron chi connectivity index (χ3n) is 1.86. The molecule has 0 saturated carbocycles. The summed E-state index contributed by atoms with van der Waals surface area (Å²) in [4.78, 5) is 25.1. The molecule has 0 unspecified atom stereocenters. The van der Waals surface area contributed by atoms with Gasteiger partial charge in [0.1, 0.15) is 5.82 Å². The van der Waals surface area contributed by atoms with Gasteiger partial charge < -0.3 is 10.3 Å². The van der Waals surface area contributed by atoms with E-state index in [0.29, 0.717) is 11.6 Å². The quantitative estimate of drug-likeness (QED) is 0.604. The first kappa shape index (κ1) is 12.6. The van der Waals surface area contributed by atoms with Gasteiger partial charge in [-0.1, -0.05) is 12.1 Å². The summed E-state index contributed by atoms with van der Waals surface area (Å²) in [6.45, 7) is 5.39. The highest BCUT2D eigenvalue weighted by Gasteiger charge is 2.04. The summed E-state index contributed by atoms with van der Waals surface area (Å²) in [6, 6.07) is 3.10. The molecule has 1 amide bonds. The van der Waals surface area contributed by atoms with Crippen molar-refractivity contribution in [2.45, 2.75) is 6.92 Å². The van der Waals surface area contributed by atoms with Gasteiger partial charge in [-0.05, 0) is 12.5 Å². The van der Waals surface area contributed by atoms with Crippen LogP contribution in [0.2, 0.25) is 0 Å². The number of rotatable bonds is 5. The second-order valence-corrected chi connectivity index (χ2v) is 4.26. The van der Waals surface area contributed by atoms with E-state index in [1.54, 1.807) is 12.1 Å². The molecule has 1 aromatic heterocycles. The van der Waals surface area contributed by atoms with Crippen molar-refractivity contribution in [1.29, 1.82) is 0 Å². The number of thioether (sulfide) groups is 1. The minimum atomic E-state index is -0.223. The molecule has 2 N–H and O–H groups in total. The predicted molar refractivity (Wildman–Crippen MR) is 68.0 cm³/mol. The second-order valence-electron chi connectivity index (χ2n) is 3.23. The number of aryl methyl sites for hydroxylation is 1. The smallest absolute Gasteiger partial charge is 0.249 e. The van der Waals surface area contributed by atoms with Crippen LogP contribution >= 0.6 is 11.8 Å². The van der Waals surface area contributed by atoms with E-state index in [9.17, 15) is 9.59 Å². The van der Waals surface area contributed by atoms with Crippen LogP contribution in [0, 0.1) is 6.92 Å². The van der Waals surface area contributed by atoms with Gasteiger partial charge in [0.05, 0.1) is 5.75 Å². The van der Waals surface area contributed by atoms with Crippen molar-refractivity contribution in [1.82, 2.24) is 4.98 Å². The molecule has 0 aliphatic carbocycles. The first-order chi connectivity index (χ1) is 7.63. The summed E-state index contributed by atoms with van der Waals surface area (Å²) in [5.41, 5.74) is 0.612. The SMILES string of the molecule is C=CCSCC(=O)Nc1[nH]c(=O)ccc1C. The van der Waals surface area contributed by atoms with Gasteiger partial charge in [-0.2, -0.15) is 0 Å². The van der Waals surface area contributed by atoms with Gasteiger partial charge in [0.2, 0.25) is 11.5 Å². The molecule has 86 valence electrons. The van der Waals surface area contributed by atoms with Crippen molar-refractivity contribution in [3.05, 3.63) is 40.7 Å². The van der Waals surface area contributed by atoms with E-state index in [1.807, 2.05) is 6.92 Å². The van der Waals surface area contributed by atoms with Crippen molar-refractivity contribution < 1.29 is 4.79 Å². The Bertz CT molecular complexity index is 440. The summed E-state index contributed by atoms with van der Waals surface area (Å²) in [5, 5.41) is 2.66. The largest absolute Gasteiger partial charge is 0.311 e. The van der Waals surface area contributed by atoms with Gasteiger partial charge in [-0.15, -0.1) is 18.3 Å². The van der Waals surface area contributed by atoms with E-state index in [-0.39, 0.29) is 11.5 Å². The van der Waals surface area contributed by atoms with Crippen molar-refractivity contribution in [2.75, 3.05) is 16.8 Å². The normalized spacial score (nSPS) is 9.81. The van der Waals surface area contributed by atoms with Crippen LogP contribution in [0.4, 0.5) is 5.82 Å². The number of anilines is 1.